The van der Waals surface area contributed by atoms with E-state index in [0.717, 1.165) is 39.7 Å². The fraction of sp³-hybridized carbons (Fsp3) is 0.367. The summed E-state index contributed by atoms with van der Waals surface area (Å²) in [4.78, 5) is 77.0. The van der Waals surface area contributed by atoms with Gasteiger partial charge in [-0.1, -0.05) is 78.9 Å². The van der Waals surface area contributed by atoms with E-state index in [-0.39, 0.29) is 36.3 Å². The normalized spacial score (nSPS) is 17.8. The largest absolute Gasteiger partial charge is 0.460 e. The van der Waals surface area contributed by atoms with Crippen LogP contribution in [0.25, 0.3) is 22.2 Å². The molecule has 3 amide bonds. The monoisotopic (exact) mass is 809 g/mol. The highest BCUT2D eigenvalue weighted by Gasteiger charge is 2.40. The second kappa shape index (κ2) is 18.0. The van der Waals surface area contributed by atoms with E-state index < -0.39 is 35.6 Å². The van der Waals surface area contributed by atoms with Crippen molar-refractivity contribution >= 4 is 46.1 Å². The van der Waals surface area contributed by atoms with Crippen LogP contribution in [0.5, 0.6) is 0 Å². The number of aromatic amines is 1. The van der Waals surface area contributed by atoms with Crippen molar-refractivity contribution in [3.8, 4) is 11.3 Å². The van der Waals surface area contributed by atoms with E-state index in [1.54, 1.807) is 30.6 Å². The number of nitrogens with zero attached hydrogens (tertiary/aromatic N) is 3. The van der Waals surface area contributed by atoms with E-state index in [1.165, 1.54) is 0 Å². The number of benzene rings is 4. The number of likely N-dealkylation sites (N-methyl/N-ethyl adjacent to an activating group) is 1. The van der Waals surface area contributed by atoms with Crippen LogP contribution >= 0.6 is 0 Å². The van der Waals surface area contributed by atoms with Gasteiger partial charge >= 0.3 is 5.97 Å². The van der Waals surface area contributed by atoms with Crippen molar-refractivity contribution in [3.05, 3.63) is 126 Å². The standard InChI is InChI=1S/C49H55N5O6/c1-49(2,3)60-44(56)31-38(33-14-8-6-9-15-33)47(58)54-27-13-19-42(54)46(57)50-37-23-21-34(22-24-37)40-30-36-28-32(20-25-39(36)51-40)29-43(55)41-18-12-26-53(41)48(59)45(52(4)5)35-16-10-7-11-17-35/h6-11,14-17,20-25,28,30,38,41-42,45,51H,12-13,18-19,26-27,29,31H2,1-5H3,(H,50,57)/t38-,41+,42+,45-/m1/s1. The van der Waals surface area contributed by atoms with Crippen molar-refractivity contribution < 1.29 is 28.7 Å². The van der Waals surface area contributed by atoms with E-state index in [0.29, 0.717) is 43.6 Å². The summed E-state index contributed by atoms with van der Waals surface area (Å²) >= 11 is 0. The van der Waals surface area contributed by atoms with Gasteiger partial charge in [0, 0.05) is 41.8 Å². The molecule has 1 aromatic heterocycles. The molecule has 312 valence electrons. The summed E-state index contributed by atoms with van der Waals surface area (Å²) < 4.78 is 5.57. The zero-order valence-corrected chi connectivity index (χ0v) is 35.1. The van der Waals surface area contributed by atoms with Gasteiger partial charge in [-0.2, -0.15) is 0 Å². The number of rotatable bonds is 13. The lowest BCUT2D eigenvalue weighted by molar-refractivity contribution is -0.157. The molecule has 2 fully saturated rings. The van der Waals surface area contributed by atoms with Gasteiger partial charge in [0.1, 0.15) is 17.7 Å². The van der Waals surface area contributed by atoms with Crippen LogP contribution in [0.4, 0.5) is 5.69 Å². The lowest BCUT2D eigenvalue weighted by atomic mass is 9.93. The Hall–Kier alpha value is -6.07. The first-order chi connectivity index (χ1) is 28.8. The number of anilines is 1. The molecule has 5 aromatic rings. The summed E-state index contributed by atoms with van der Waals surface area (Å²) in [5.41, 5.74) is 5.16. The zero-order chi connectivity index (χ0) is 42.6. The van der Waals surface area contributed by atoms with Gasteiger partial charge in [-0.05, 0) is 113 Å². The molecule has 3 heterocycles. The number of Topliss-reactive ketones (excluding diaryl/α,β-unsaturated/α-hetero) is 1. The van der Waals surface area contributed by atoms with Crippen LogP contribution in [0.1, 0.15) is 81.5 Å². The Morgan fingerprint density at radius 2 is 1.38 bits per heavy atom. The summed E-state index contributed by atoms with van der Waals surface area (Å²) in [6.45, 7) is 6.38. The van der Waals surface area contributed by atoms with Gasteiger partial charge in [-0.3, -0.25) is 28.9 Å². The van der Waals surface area contributed by atoms with Crippen LogP contribution in [0.15, 0.2) is 109 Å². The molecule has 2 N–H and O–H groups in total. The molecule has 0 radical (unpaired) electrons. The second-order valence-corrected chi connectivity index (χ2v) is 17.2. The van der Waals surface area contributed by atoms with Crippen molar-refractivity contribution in [1.82, 2.24) is 19.7 Å². The molecule has 0 saturated carbocycles. The molecule has 2 saturated heterocycles. The van der Waals surface area contributed by atoms with E-state index >= 15 is 0 Å². The lowest BCUT2D eigenvalue weighted by Gasteiger charge is -2.31. The number of ether oxygens (including phenoxy) is 1. The Kier molecular flexibility index (Phi) is 12.7. The smallest absolute Gasteiger partial charge is 0.307 e. The number of amides is 3. The highest BCUT2D eigenvalue weighted by molar-refractivity contribution is 5.99. The Bertz CT molecular complexity index is 2330. The summed E-state index contributed by atoms with van der Waals surface area (Å²) in [6.07, 6.45) is 2.78. The third kappa shape index (κ3) is 9.69. The molecule has 11 heteroatoms. The van der Waals surface area contributed by atoms with Gasteiger partial charge in [-0.25, -0.2) is 0 Å². The van der Waals surface area contributed by atoms with Gasteiger partial charge < -0.3 is 24.8 Å². The number of fused-ring (bicyclic) bond motifs is 1. The third-order valence-corrected chi connectivity index (χ3v) is 11.4. The fourth-order valence-corrected chi connectivity index (χ4v) is 8.63. The number of H-pyrrole nitrogens is 1. The number of likely N-dealkylation sites (tertiary alicyclic amines) is 2. The Labute approximate surface area is 352 Å². The van der Waals surface area contributed by atoms with Crippen LogP contribution in [-0.4, -0.2) is 94.0 Å². The van der Waals surface area contributed by atoms with Crippen LogP contribution in [-0.2, 0) is 35.1 Å². The maximum atomic E-state index is 14.1. The first-order valence-electron chi connectivity index (χ1n) is 20.9. The summed E-state index contributed by atoms with van der Waals surface area (Å²) in [7, 11) is 3.79. The van der Waals surface area contributed by atoms with Crippen molar-refractivity contribution in [1.29, 1.82) is 0 Å². The molecule has 0 aliphatic carbocycles. The van der Waals surface area contributed by atoms with Gasteiger partial charge in [0.05, 0.1) is 18.4 Å². The molecular weight excluding hydrogens is 755 g/mol. The highest BCUT2D eigenvalue weighted by Crippen LogP contribution is 2.32. The number of carbonyl (C=O) groups is 5. The molecule has 2 aliphatic rings. The number of ketones is 1. The molecule has 7 rings (SSSR count). The van der Waals surface area contributed by atoms with E-state index in [1.807, 2.05) is 128 Å². The predicted molar refractivity (Wildman–Crippen MR) is 233 cm³/mol. The molecular formula is C49H55N5O6. The average Bonchev–Trinajstić information content (AvgIpc) is 4.01. The van der Waals surface area contributed by atoms with E-state index in [4.69, 9.17) is 4.74 Å². The fourth-order valence-electron chi connectivity index (χ4n) is 8.63. The van der Waals surface area contributed by atoms with Crippen molar-refractivity contribution in [2.24, 2.45) is 0 Å². The Balaban J connectivity index is 0.989. The SMILES string of the molecule is CN(C)[C@@H](C(=O)N1CCC[C@H]1C(=O)Cc1ccc2[nH]c(-c3ccc(NC(=O)[C@@H]4CCCN4C(=O)[C@H](CC(=O)OC(C)(C)C)c4ccccc4)cc3)cc2c1)c1ccccc1. The molecule has 0 bridgehead atoms. The molecule has 0 spiro atoms. The quantitative estimate of drug-likeness (QED) is 0.117. The number of esters is 1. The van der Waals surface area contributed by atoms with E-state index in [2.05, 4.69) is 10.3 Å². The van der Waals surface area contributed by atoms with Crippen LogP contribution in [0.3, 0.4) is 0 Å². The maximum Gasteiger partial charge on any atom is 0.307 e. The molecule has 4 atom stereocenters. The van der Waals surface area contributed by atoms with Gasteiger partial charge in [0.25, 0.3) is 0 Å². The topological polar surface area (TPSA) is 132 Å². The zero-order valence-electron chi connectivity index (χ0n) is 35.1. The number of hydrogen-bond donors (Lipinski definition) is 2. The highest BCUT2D eigenvalue weighted by atomic mass is 16.6. The first kappa shape index (κ1) is 42.1. The molecule has 60 heavy (non-hydrogen) atoms. The number of nitrogens with one attached hydrogen (secondary N) is 2. The predicted octanol–water partition coefficient (Wildman–Crippen LogP) is 7.69. The lowest BCUT2D eigenvalue weighted by Crippen LogP contribution is -2.46. The Morgan fingerprint density at radius 1 is 0.767 bits per heavy atom. The summed E-state index contributed by atoms with van der Waals surface area (Å²) in [6, 6.07) is 32.9. The number of aromatic nitrogens is 1. The van der Waals surface area contributed by atoms with Crippen molar-refractivity contribution in [3.63, 3.8) is 0 Å². The number of carbonyl (C=O) groups excluding carboxylic acids is 5. The second-order valence-electron chi connectivity index (χ2n) is 17.2. The van der Waals surface area contributed by atoms with Crippen LogP contribution in [0.2, 0.25) is 0 Å². The van der Waals surface area contributed by atoms with Crippen LogP contribution in [0, 0.1) is 0 Å². The van der Waals surface area contributed by atoms with E-state index in [9.17, 15) is 24.0 Å². The van der Waals surface area contributed by atoms with Crippen molar-refractivity contribution in [2.45, 2.75) is 88.9 Å². The van der Waals surface area contributed by atoms with Gasteiger partial charge in [-0.15, -0.1) is 0 Å². The van der Waals surface area contributed by atoms with Crippen molar-refractivity contribution in [2.75, 3.05) is 32.5 Å². The maximum absolute atomic E-state index is 14.1. The van der Waals surface area contributed by atoms with Crippen LogP contribution < -0.4 is 5.32 Å². The molecule has 0 unspecified atom stereocenters. The summed E-state index contributed by atoms with van der Waals surface area (Å²) in [5, 5.41) is 3.98. The minimum absolute atomic E-state index is 0.0427. The minimum atomic E-state index is -0.767. The third-order valence-electron chi connectivity index (χ3n) is 11.4. The molecule has 11 nitrogen and oxygen atoms in total. The first-order valence-corrected chi connectivity index (χ1v) is 20.9. The minimum Gasteiger partial charge on any atom is -0.460 e. The molecule has 2 aliphatic heterocycles. The number of hydrogen-bond acceptors (Lipinski definition) is 7. The van der Waals surface area contributed by atoms with Gasteiger partial charge in [0.2, 0.25) is 17.7 Å². The summed E-state index contributed by atoms with van der Waals surface area (Å²) in [5.74, 6) is -1.77. The van der Waals surface area contributed by atoms with Gasteiger partial charge in [0.15, 0.2) is 5.78 Å². The molecule has 4 aromatic carbocycles. The Morgan fingerprint density at radius 3 is 2.02 bits per heavy atom. The average molecular weight is 810 g/mol.